The van der Waals surface area contributed by atoms with Gasteiger partial charge in [-0.15, -0.1) is 0 Å². The molecule has 7 nitrogen and oxygen atoms in total. The number of pyridine rings is 1. The van der Waals surface area contributed by atoms with Crippen molar-refractivity contribution in [1.82, 2.24) is 14.5 Å². The fraction of sp³-hybridized carbons (Fsp3) is 0.273. The standard InChI is InChI=1S/C11H13N5O2/c1-8(9-3-5-12-6-4-9)14-11-10(16(17)18)13-7-15(11)2/h3-8,14H,1-2H3. The summed E-state index contributed by atoms with van der Waals surface area (Å²) in [6, 6.07) is 3.65. The van der Waals surface area contributed by atoms with Crippen molar-refractivity contribution < 1.29 is 4.92 Å². The van der Waals surface area contributed by atoms with E-state index in [0.717, 1.165) is 5.56 Å². The Bertz CT molecular complexity index is 552. The zero-order valence-corrected chi connectivity index (χ0v) is 10.1. The molecule has 2 aromatic rings. The number of hydrogen-bond acceptors (Lipinski definition) is 5. The Morgan fingerprint density at radius 3 is 2.72 bits per heavy atom. The van der Waals surface area contributed by atoms with E-state index < -0.39 is 4.92 Å². The Hall–Kier alpha value is -2.44. The van der Waals surface area contributed by atoms with Gasteiger partial charge in [0.15, 0.2) is 0 Å². The first kappa shape index (κ1) is 12.0. The molecule has 7 heteroatoms. The topological polar surface area (TPSA) is 85.9 Å². The molecular formula is C11H13N5O2. The van der Waals surface area contributed by atoms with Crippen LogP contribution in [0.2, 0.25) is 0 Å². The molecule has 2 rings (SSSR count). The van der Waals surface area contributed by atoms with Gasteiger partial charge in [0.05, 0.1) is 6.04 Å². The number of anilines is 1. The predicted molar refractivity (Wildman–Crippen MR) is 66.1 cm³/mol. The SMILES string of the molecule is CC(Nc1c([N+](=O)[O-])ncn1C)c1ccncc1. The van der Waals surface area contributed by atoms with E-state index in [1.807, 2.05) is 19.1 Å². The highest BCUT2D eigenvalue weighted by atomic mass is 16.6. The fourth-order valence-electron chi connectivity index (χ4n) is 1.66. The van der Waals surface area contributed by atoms with Crippen LogP contribution in [0.25, 0.3) is 0 Å². The number of aromatic nitrogens is 3. The van der Waals surface area contributed by atoms with Crippen LogP contribution in [0.3, 0.4) is 0 Å². The third kappa shape index (κ3) is 2.29. The quantitative estimate of drug-likeness (QED) is 0.658. The summed E-state index contributed by atoms with van der Waals surface area (Å²) in [6.45, 7) is 1.92. The van der Waals surface area contributed by atoms with E-state index in [4.69, 9.17) is 0 Å². The second-order valence-electron chi connectivity index (χ2n) is 3.93. The second kappa shape index (κ2) is 4.82. The summed E-state index contributed by atoms with van der Waals surface area (Å²) >= 11 is 0. The van der Waals surface area contributed by atoms with Gasteiger partial charge in [0.25, 0.3) is 0 Å². The molecule has 1 N–H and O–H groups in total. The average molecular weight is 247 g/mol. The van der Waals surface area contributed by atoms with Gasteiger partial charge in [0, 0.05) is 19.4 Å². The highest BCUT2D eigenvalue weighted by Crippen LogP contribution is 2.25. The van der Waals surface area contributed by atoms with Gasteiger partial charge < -0.3 is 15.4 Å². The fourth-order valence-corrected chi connectivity index (χ4v) is 1.66. The largest absolute Gasteiger partial charge is 0.406 e. The summed E-state index contributed by atoms with van der Waals surface area (Å²) in [5.41, 5.74) is 1.00. The van der Waals surface area contributed by atoms with E-state index in [1.54, 1.807) is 24.0 Å². The van der Waals surface area contributed by atoms with Crippen molar-refractivity contribution in [3.63, 3.8) is 0 Å². The molecular weight excluding hydrogens is 234 g/mol. The first-order valence-corrected chi connectivity index (χ1v) is 5.41. The minimum Gasteiger partial charge on any atom is -0.358 e. The minimum absolute atomic E-state index is 0.0675. The second-order valence-corrected chi connectivity index (χ2v) is 3.93. The molecule has 0 radical (unpaired) electrons. The molecule has 0 bridgehead atoms. The summed E-state index contributed by atoms with van der Waals surface area (Å²) in [5.74, 6) is 0.225. The molecule has 0 aliphatic carbocycles. The lowest BCUT2D eigenvalue weighted by molar-refractivity contribution is -0.388. The van der Waals surface area contributed by atoms with Gasteiger partial charge in [0.2, 0.25) is 12.1 Å². The zero-order valence-electron chi connectivity index (χ0n) is 10.1. The van der Waals surface area contributed by atoms with Gasteiger partial charge in [-0.1, -0.05) is 0 Å². The summed E-state index contributed by atoms with van der Waals surface area (Å²) in [7, 11) is 1.71. The van der Waals surface area contributed by atoms with Crippen LogP contribution in [0.4, 0.5) is 11.6 Å². The van der Waals surface area contributed by atoms with Crippen molar-refractivity contribution >= 4 is 11.6 Å². The maximum Gasteiger partial charge on any atom is 0.406 e. The van der Waals surface area contributed by atoms with Crippen LogP contribution in [0.5, 0.6) is 0 Å². The Morgan fingerprint density at radius 2 is 2.11 bits per heavy atom. The number of imidazole rings is 1. The van der Waals surface area contributed by atoms with Gasteiger partial charge >= 0.3 is 5.82 Å². The molecule has 2 aromatic heterocycles. The summed E-state index contributed by atoms with van der Waals surface area (Å²) in [6.07, 6.45) is 4.79. The Balaban J connectivity index is 2.24. The van der Waals surface area contributed by atoms with E-state index in [0.29, 0.717) is 5.82 Å². The van der Waals surface area contributed by atoms with Crippen molar-refractivity contribution in [1.29, 1.82) is 0 Å². The number of rotatable bonds is 4. The van der Waals surface area contributed by atoms with Crippen molar-refractivity contribution in [2.45, 2.75) is 13.0 Å². The molecule has 0 aromatic carbocycles. The van der Waals surface area contributed by atoms with E-state index in [1.165, 1.54) is 6.33 Å². The molecule has 0 saturated heterocycles. The normalized spacial score (nSPS) is 12.1. The lowest BCUT2D eigenvalue weighted by atomic mass is 10.1. The first-order valence-electron chi connectivity index (χ1n) is 5.41. The molecule has 1 unspecified atom stereocenters. The molecule has 2 heterocycles. The van der Waals surface area contributed by atoms with Crippen LogP contribution < -0.4 is 5.32 Å². The maximum absolute atomic E-state index is 10.8. The third-order valence-electron chi connectivity index (χ3n) is 2.65. The number of nitrogens with zero attached hydrogens (tertiary/aromatic N) is 4. The van der Waals surface area contributed by atoms with Crippen LogP contribution in [0, 0.1) is 10.1 Å². The Kier molecular flexibility index (Phi) is 3.22. The number of aryl methyl sites for hydroxylation is 1. The molecule has 0 fully saturated rings. The molecule has 0 amide bonds. The highest BCUT2D eigenvalue weighted by molar-refractivity contribution is 5.53. The number of hydrogen-bond donors (Lipinski definition) is 1. The van der Waals surface area contributed by atoms with Gasteiger partial charge in [-0.2, -0.15) is 0 Å². The van der Waals surface area contributed by atoms with Crippen molar-refractivity contribution in [2.24, 2.45) is 7.05 Å². The van der Waals surface area contributed by atoms with E-state index in [-0.39, 0.29) is 11.9 Å². The molecule has 0 spiro atoms. The van der Waals surface area contributed by atoms with Gasteiger partial charge in [-0.05, 0) is 34.5 Å². The van der Waals surface area contributed by atoms with Crippen molar-refractivity contribution in [3.8, 4) is 0 Å². The Labute approximate surface area is 104 Å². The summed E-state index contributed by atoms with van der Waals surface area (Å²) in [4.78, 5) is 18.0. The minimum atomic E-state index is -0.498. The molecule has 1 atom stereocenters. The predicted octanol–water partition coefficient (Wildman–Crippen LogP) is 1.90. The molecule has 18 heavy (non-hydrogen) atoms. The molecule has 0 aliphatic rings. The van der Waals surface area contributed by atoms with Gasteiger partial charge in [-0.25, -0.2) is 0 Å². The van der Waals surface area contributed by atoms with Crippen molar-refractivity contribution in [3.05, 3.63) is 46.5 Å². The molecule has 94 valence electrons. The van der Waals surface area contributed by atoms with Gasteiger partial charge in [-0.3, -0.25) is 9.55 Å². The monoisotopic (exact) mass is 247 g/mol. The first-order chi connectivity index (χ1) is 8.59. The smallest absolute Gasteiger partial charge is 0.358 e. The van der Waals surface area contributed by atoms with E-state index in [9.17, 15) is 10.1 Å². The summed E-state index contributed by atoms with van der Waals surface area (Å²) in [5, 5.41) is 13.9. The van der Waals surface area contributed by atoms with Crippen LogP contribution in [0.15, 0.2) is 30.9 Å². The average Bonchev–Trinajstić information content (AvgIpc) is 2.72. The third-order valence-corrected chi connectivity index (χ3v) is 2.65. The number of nitro groups is 1. The molecule has 0 aliphatic heterocycles. The maximum atomic E-state index is 10.8. The van der Waals surface area contributed by atoms with Gasteiger partial charge in [0.1, 0.15) is 0 Å². The van der Waals surface area contributed by atoms with Crippen LogP contribution in [-0.4, -0.2) is 19.5 Å². The lowest BCUT2D eigenvalue weighted by Gasteiger charge is -2.14. The lowest BCUT2D eigenvalue weighted by Crippen LogP contribution is -2.10. The Morgan fingerprint density at radius 1 is 1.44 bits per heavy atom. The van der Waals surface area contributed by atoms with Crippen molar-refractivity contribution in [2.75, 3.05) is 5.32 Å². The van der Waals surface area contributed by atoms with Crippen LogP contribution in [-0.2, 0) is 7.05 Å². The van der Waals surface area contributed by atoms with Crippen LogP contribution in [0.1, 0.15) is 18.5 Å². The summed E-state index contributed by atoms with van der Waals surface area (Å²) < 4.78 is 1.59. The molecule has 0 saturated carbocycles. The van der Waals surface area contributed by atoms with Crippen LogP contribution >= 0.6 is 0 Å². The van der Waals surface area contributed by atoms with E-state index >= 15 is 0 Å². The van der Waals surface area contributed by atoms with E-state index in [2.05, 4.69) is 15.3 Å². The number of nitrogens with one attached hydrogen (secondary N) is 1. The highest BCUT2D eigenvalue weighted by Gasteiger charge is 2.21. The zero-order chi connectivity index (χ0) is 13.1.